The Morgan fingerprint density at radius 3 is 2.47 bits per heavy atom. The van der Waals surface area contributed by atoms with Crippen LogP contribution in [0.1, 0.15) is 82.2 Å². The molecule has 0 aliphatic rings. The van der Waals surface area contributed by atoms with Crippen molar-refractivity contribution in [1.82, 2.24) is 4.98 Å². The van der Waals surface area contributed by atoms with E-state index in [1.807, 2.05) is 32.9 Å². The van der Waals surface area contributed by atoms with Gasteiger partial charge in [0.15, 0.2) is 0 Å². The van der Waals surface area contributed by atoms with Crippen LogP contribution in [-0.4, -0.2) is 11.2 Å². The van der Waals surface area contributed by atoms with Gasteiger partial charge in [-0.25, -0.2) is 13.2 Å². The highest BCUT2D eigenvalue weighted by Crippen LogP contribution is 2.35. The topological polar surface area (TPSA) is 28.1 Å². The fourth-order valence-corrected chi connectivity index (χ4v) is 4.05. The normalized spacial score (nSPS) is 13.3. The number of hydrogen-bond acceptors (Lipinski definition) is 1. The number of aliphatic imine (C=N–C) groups is 1. The first-order valence-corrected chi connectivity index (χ1v) is 12.8. The molecule has 3 rings (SSSR count). The minimum atomic E-state index is -0.432. The number of nitrogens with one attached hydrogen (secondary N) is 1. The van der Waals surface area contributed by atoms with Gasteiger partial charge < -0.3 is 4.98 Å². The monoisotopic (exact) mass is 516 g/mol. The number of nitrogens with zero attached hydrogens (tertiary/aromatic N) is 1. The van der Waals surface area contributed by atoms with Gasteiger partial charge in [0.2, 0.25) is 0 Å². The molecule has 6 heteroatoms. The molecule has 2 aromatic carbocycles. The van der Waals surface area contributed by atoms with Gasteiger partial charge in [0, 0.05) is 28.2 Å². The van der Waals surface area contributed by atoms with Gasteiger partial charge in [-0.05, 0) is 74.9 Å². The number of hydrogen-bond donors (Lipinski definition) is 1. The van der Waals surface area contributed by atoms with Crippen LogP contribution in [0.25, 0.3) is 10.9 Å². The third-order valence-corrected chi connectivity index (χ3v) is 6.35. The standard InChI is InChI=1S/C21H22ClF2N.C9H14FN/c1-4-5-6-15-16-10-17(22)19(24)11-20(16)25-21(15)13(3)14-8-7-12(2)18(23)9-14;1-4-6-8(3)11-7-9(10)5-2/h7-11,13,25H,4-6H2,1-3H3;5-7H,4H2,1-3H3/b;8-6+,9-5+,11-7+. The first kappa shape index (κ1) is 29.4. The summed E-state index contributed by atoms with van der Waals surface area (Å²) in [5.74, 6) is -0.951. The average molecular weight is 517 g/mol. The van der Waals surface area contributed by atoms with E-state index in [4.69, 9.17) is 11.6 Å². The molecule has 0 aliphatic carbocycles. The quantitative estimate of drug-likeness (QED) is 0.288. The molecule has 0 aliphatic heterocycles. The number of halogens is 4. The summed E-state index contributed by atoms with van der Waals surface area (Å²) in [7, 11) is 0. The summed E-state index contributed by atoms with van der Waals surface area (Å²) in [5.41, 5.74) is 5.28. The van der Waals surface area contributed by atoms with Gasteiger partial charge >= 0.3 is 0 Å². The number of benzene rings is 2. The Labute approximate surface area is 218 Å². The maximum atomic E-state index is 14.0. The zero-order chi connectivity index (χ0) is 26.8. The van der Waals surface area contributed by atoms with Crippen molar-refractivity contribution in [2.45, 2.75) is 73.1 Å². The van der Waals surface area contributed by atoms with E-state index in [0.717, 1.165) is 59.1 Å². The van der Waals surface area contributed by atoms with Gasteiger partial charge in [0.05, 0.1) is 11.2 Å². The van der Waals surface area contributed by atoms with Crippen molar-refractivity contribution < 1.29 is 13.2 Å². The third kappa shape index (κ3) is 7.86. The van der Waals surface area contributed by atoms with Crippen LogP contribution in [0.3, 0.4) is 0 Å². The zero-order valence-corrected chi connectivity index (χ0v) is 22.7. The Morgan fingerprint density at radius 1 is 1.14 bits per heavy atom. The number of aromatic amines is 1. The molecule has 3 aromatic rings. The number of aryl methyl sites for hydroxylation is 2. The van der Waals surface area contributed by atoms with Crippen LogP contribution in [-0.2, 0) is 6.42 Å². The smallest absolute Gasteiger partial charge is 0.143 e. The summed E-state index contributed by atoms with van der Waals surface area (Å²) in [5, 5.41) is 1.08. The molecule has 1 atom stereocenters. The summed E-state index contributed by atoms with van der Waals surface area (Å²) in [6, 6.07) is 8.47. The maximum Gasteiger partial charge on any atom is 0.143 e. The van der Waals surface area contributed by atoms with Crippen LogP contribution < -0.4 is 0 Å². The number of allylic oxidation sites excluding steroid dienone is 4. The highest BCUT2D eigenvalue weighted by molar-refractivity contribution is 6.31. The fourth-order valence-electron chi connectivity index (χ4n) is 3.89. The second-order valence-electron chi connectivity index (χ2n) is 8.85. The van der Waals surface area contributed by atoms with Gasteiger partial charge in [-0.2, -0.15) is 0 Å². The van der Waals surface area contributed by atoms with E-state index in [1.54, 1.807) is 32.0 Å². The number of H-pyrrole nitrogens is 1. The number of rotatable bonds is 8. The molecule has 1 N–H and O–H groups in total. The van der Waals surface area contributed by atoms with Crippen molar-refractivity contribution >= 4 is 28.7 Å². The predicted octanol–water partition coefficient (Wildman–Crippen LogP) is 10.1. The van der Waals surface area contributed by atoms with Crippen LogP contribution in [0.5, 0.6) is 0 Å². The summed E-state index contributed by atoms with van der Waals surface area (Å²) in [6.07, 6.45) is 8.45. The summed E-state index contributed by atoms with van der Waals surface area (Å²) in [4.78, 5) is 7.23. The lowest BCUT2D eigenvalue weighted by molar-refractivity contribution is 0.614. The Kier molecular flexibility index (Phi) is 11.5. The first-order valence-electron chi connectivity index (χ1n) is 12.4. The minimum absolute atomic E-state index is 0.0174. The fraction of sp³-hybridized carbons (Fsp3) is 0.367. The van der Waals surface area contributed by atoms with E-state index < -0.39 is 5.82 Å². The summed E-state index contributed by atoms with van der Waals surface area (Å²) < 4.78 is 40.3. The number of unbranched alkanes of at least 4 members (excludes halogenated alkanes) is 1. The summed E-state index contributed by atoms with van der Waals surface area (Å²) in [6.45, 7) is 11.4. The van der Waals surface area contributed by atoms with Crippen molar-refractivity contribution in [2.75, 3.05) is 0 Å². The van der Waals surface area contributed by atoms with Gasteiger partial charge in [-0.15, -0.1) is 0 Å². The van der Waals surface area contributed by atoms with E-state index in [0.29, 0.717) is 5.56 Å². The lowest BCUT2D eigenvalue weighted by Gasteiger charge is -2.14. The molecule has 0 saturated carbocycles. The van der Waals surface area contributed by atoms with Crippen LogP contribution in [0, 0.1) is 18.6 Å². The molecule has 0 amide bonds. The largest absolute Gasteiger partial charge is 0.358 e. The molecule has 0 saturated heterocycles. The van der Waals surface area contributed by atoms with E-state index in [-0.39, 0.29) is 22.6 Å². The zero-order valence-electron chi connectivity index (χ0n) is 22.0. The SMILES string of the molecule is CCCCc1c(C(C)c2ccc(C)c(F)c2)[nH]c2cc(F)c(Cl)cc12.C\C=C(F)/C=N/C(C)=C/CC. The molecule has 1 aromatic heterocycles. The van der Waals surface area contributed by atoms with E-state index >= 15 is 0 Å². The van der Waals surface area contributed by atoms with Crippen LogP contribution in [0.15, 0.2) is 59.0 Å². The van der Waals surface area contributed by atoms with E-state index in [9.17, 15) is 13.2 Å². The van der Waals surface area contributed by atoms with Crippen LogP contribution >= 0.6 is 11.6 Å². The van der Waals surface area contributed by atoms with Gasteiger partial charge in [-0.3, -0.25) is 4.99 Å². The van der Waals surface area contributed by atoms with Gasteiger partial charge in [0.1, 0.15) is 17.5 Å². The molecule has 1 unspecified atom stereocenters. The molecule has 0 bridgehead atoms. The van der Waals surface area contributed by atoms with Crippen LogP contribution in [0.4, 0.5) is 13.2 Å². The molecule has 0 fully saturated rings. The molecule has 0 radical (unpaired) electrons. The lowest BCUT2D eigenvalue weighted by Crippen LogP contribution is -2.02. The Morgan fingerprint density at radius 2 is 1.86 bits per heavy atom. The van der Waals surface area contributed by atoms with Crippen molar-refractivity contribution in [3.8, 4) is 0 Å². The molecular formula is C30H36ClF3N2. The highest BCUT2D eigenvalue weighted by atomic mass is 35.5. The molecule has 194 valence electrons. The second-order valence-corrected chi connectivity index (χ2v) is 9.26. The molecule has 0 spiro atoms. The van der Waals surface area contributed by atoms with E-state index in [2.05, 4.69) is 16.9 Å². The van der Waals surface area contributed by atoms with Crippen molar-refractivity contribution in [3.63, 3.8) is 0 Å². The summed E-state index contributed by atoms with van der Waals surface area (Å²) >= 11 is 6.00. The van der Waals surface area contributed by atoms with Gasteiger partial charge in [0.25, 0.3) is 0 Å². The van der Waals surface area contributed by atoms with Gasteiger partial charge in [-0.1, -0.05) is 63.1 Å². The van der Waals surface area contributed by atoms with Crippen molar-refractivity contribution in [3.05, 3.63) is 93.0 Å². The third-order valence-electron chi connectivity index (χ3n) is 6.06. The average Bonchev–Trinajstić information content (AvgIpc) is 3.20. The highest BCUT2D eigenvalue weighted by Gasteiger charge is 2.20. The molecular weight excluding hydrogens is 481 g/mol. The lowest BCUT2D eigenvalue weighted by atomic mass is 9.92. The first-order chi connectivity index (χ1) is 17.1. The maximum absolute atomic E-state index is 14.0. The number of fused-ring (bicyclic) bond motifs is 1. The Balaban J connectivity index is 0.000000352. The van der Waals surface area contributed by atoms with Crippen molar-refractivity contribution in [1.29, 1.82) is 0 Å². The number of aromatic nitrogens is 1. The van der Waals surface area contributed by atoms with Crippen LogP contribution in [0.2, 0.25) is 5.02 Å². The van der Waals surface area contributed by atoms with Crippen molar-refractivity contribution in [2.24, 2.45) is 4.99 Å². The Bertz CT molecular complexity index is 1250. The Hall–Kier alpha value is -2.79. The molecule has 2 nitrogen and oxygen atoms in total. The molecule has 36 heavy (non-hydrogen) atoms. The second kappa shape index (κ2) is 14.1. The predicted molar refractivity (Wildman–Crippen MR) is 148 cm³/mol. The molecule has 1 heterocycles. The van der Waals surface area contributed by atoms with E-state index in [1.165, 1.54) is 18.4 Å². The minimum Gasteiger partial charge on any atom is -0.358 e.